The number of hydrogen-bond donors (Lipinski definition) is 2. The zero-order chi connectivity index (χ0) is 15.7. The number of aliphatic imine (C=N–C) groups is 1. The number of halogens is 1. The van der Waals surface area contributed by atoms with Gasteiger partial charge in [-0.05, 0) is 31.9 Å². The summed E-state index contributed by atoms with van der Waals surface area (Å²) in [5.74, 6) is 2.02. The number of unbranched alkanes of at least 4 members (excludes halogenated alkanes) is 1. The van der Waals surface area contributed by atoms with Gasteiger partial charge in [0, 0.05) is 31.9 Å². The molecule has 1 atom stereocenters. The van der Waals surface area contributed by atoms with Crippen LogP contribution in [0.1, 0.15) is 39.5 Å². The Kier molecular flexibility index (Phi) is 11.3. The first-order valence-corrected chi connectivity index (χ1v) is 8.82. The highest BCUT2D eigenvalue weighted by atomic mass is 127. The molecule has 1 amide bonds. The van der Waals surface area contributed by atoms with Gasteiger partial charge in [-0.1, -0.05) is 13.3 Å². The third kappa shape index (κ3) is 8.45. The molecular weight excluding hydrogens is 411 g/mol. The van der Waals surface area contributed by atoms with Crippen molar-refractivity contribution in [2.45, 2.75) is 44.3 Å². The number of guanidine groups is 1. The van der Waals surface area contributed by atoms with Crippen molar-refractivity contribution in [2.75, 3.05) is 39.5 Å². The predicted octanol–water partition coefficient (Wildman–Crippen LogP) is 2.31. The monoisotopic (exact) mass is 442 g/mol. The van der Waals surface area contributed by atoms with Crippen molar-refractivity contribution < 1.29 is 4.79 Å². The maximum absolute atomic E-state index is 11.7. The molecule has 0 aromatic carbocycles. The van der Waals surface area contributed by atoms with Crippen molar-refractivity contribution in [3.8, 4) is 0 Å². The number of amides is 1. The van der Waals surface area contributed by atoms with Crippen LogP contribution in [0.5, 0.6) is 0 Å². The summed E-state index contributed by atoms with van der Waals surface area (Å²) in [6.45, 7) is 6.44. The van der Waals surface area contributed by atoms with Gasteiger partial charge < -0.3 is 15.5 Å². The van der Waals surface area contributed by atoms with E-state index in [1.807, 2.05) is 11.8 Å². The molecule has 1 fully saturated rings. The quantitative estimate of drug-likeness (QED) is 0.275. The molecule has 0 saturated carbocycles. The van der Waals surface area contributed by atoms with Crippen molar-refractivity contribution in [2.24, 2.45) is 4.99 Å². The van der Waals surface area contributed by atoms with Crippen LogP contribution >= 0.6 is 35.7 Å². The van der Waals surface area contributed by atoms with Gasteiger partial charge in [0.05, 0.1) is 0 Å². The SMILES string of the molecule is CCCCNC(=NCC(=O)N(C)C)NCC1(C)CCCS1.I. The van der Waals surface area contributed by atoms with Gasteiger partial charge in [-0.15, -0.1) is 24.0 Å². The predicted molar refractivity (Wildman–Crippen MR) is 107 cm³/mol. The summed E-state index contributed by atoms with van der Waals surface area (Å²) in [6, 6.07) is 0. The van der Waals surface area contributed by atoms with E-state index in [-0.39, 0.29) is 36.4 Å². The average Bonchev–Trinajstić information content (AvgIpc) is 2.88. The molecule has 1 heterocycles. The highest BCUT2D eigenvalue weighted by Gasteiger charge is 2.29. The molecule has 1 rings (SSSR count). The smallest absolute Gasteiger partial charge is 0.243 e. The van der Waals surface area contributed by atoms with E-state index >= 15 is 0 Å². The number of carbonyl (C=O) groups excluding carboxylic acids is 1. The van der Waals surface area contributed by atoms with Crippen LogP contribution in [0.4, 0.5) is 0 Å². The van der Waals surface area contributed by atoms with Crippen LogP contribution in [0.15, 0.2) is 4.99 Å². The molecule has 1 unspecified atom stereocenters. The molecule has 22 heavy (non-hydrogen) atoms. The van der Waals surface area contributed by atoms with Gasteiger partial charge in [0.1, 0.15) is 6.54 Å². The Balaban J connectivity index is 0.00000441. The first-order chi connectivity index (χ1) is 9.97. The number of rotatable bonds is 7. The molecule has 1 aliphatic heterocycles. The van der Waals surface area contributed by atoms with Gasteiger partial charge in [-0.2, -0.15) is 11.8 Å². The van der Waals surface area contributed by atoms with Crippen LogP contribution < -0.4 is 10.6 Å². The molecule has 0 aliphatic carbocycles. The van der Waals surface area contributed by atoms with Gasteiger partial charge in [0.25, 0.3) is 0 Å². The van der Waals surface area contributed by atoms with Gasteiger partial charge in [0.2, 0.25) is 5.91 Å². The Morgan fingerprint density at radius 1 is 1.36 bits per heavy atom. The summed E-state index contributed by atoms with van der Waals surface area (Å²) in [6.07, 6.45) is 4.78. The van der Waals surface area contributed by atoms with Gasteiger partial charge in [-0.3, -0.25) is 4.79 Å². The van der Waals surface area contributed by atoms with E-state index in [9.17, 15) is 4.79 Å². The molecule has 1 saturated heterocycles. The zero-order valence-electron chi connectivity index (χ0n) is 14.3. The minimum atomic E-state index is 0. The minimum Gasteiger partial charge on any atom is -0.356 e. The van der Waals surface area contributed by atoms with E-state index in [1.165, 1.54) is 18.6 Å². The lowest BCUT2D eigenvalue weighted by Crippen LogP contribution is -2.44. The van der Waals surface area contributed by atoms with Crippen molar-refractivity contribution in [1.29, 1.82) is 0 Å². The van der Waals surface area contributed by atoms with Gasteiger partial charge >= 0.3 is 0 Å². The van der Waals surface area contributed by atoms with E-state index in [4.69, 9.17) is 0 Å². The maximum Gasteiger partial charge on any atom is 0.243 e. The van der Waals surface area contributed by atoms with E-state index in [0.29, 0.717) is 4.75 Å². The topological polar surface area (TPSA) is 56.7 Å². The summed E-state index contributed by atoms with van der Waals surface area (Å²) in [4.78, 5) is 17.6. The number of carbonyl (C=O) groups is 1. The van der Waals surface area contributed by atoms with Crippen molar-refractivity contribution in [3.05, 3.63) is 0 Å². The molecule has 5 nitrogen and oxygen atoms in total. The molecule has 2 N–H and O–H groups in total. The van der Waals surface area contributed by atoms with Crippen LogP contribution in [0.2, 0.25) is 0 Å². The van der Waals surface area contributed by atoms with Crippen LogP contribution in [-0.2, 0) is 4.79 Å². The Morgan fingerprint density at radius 2 is 2.09 bits per heavy atom. The number of nitrogens with one attached hydrogen (secondary N) is 2. The summed E-state index contributed by atoms with van der Waals surface area (Å²) in [5.41, 5.74) is 0. The second-order valence-corrected chi connectivity index (χ2v) is 7.67. The molecule has 130 valence electrons. The van der Waals surface area contributed by atoms with Crippen molar-refractivity contribution in [3.63, 3.8) is 0 Å². The number of hydrogen-bond acceptors (Lipinski definition) is 3. The molecule has 1 aliphatic rings. The van der Waals surface area contributed by atoms with Crippen molar-refractivity contribution >= 4 is 47.6 Å². The largest absolute Gasteiger partial charge is 0.356 e. The van der Waals surface area contributed by atoms with Crippen LogP contribution in [0, 0.1) is 0 Å². The lowest BCUT2D eigenvalue weighted by Gasteiger charge is -2.24. The lowest BCUT2D eigenvalue weighted by atomic mass is 10.1. The standard InChI is InChI=1S/C15H30N4OS.HI/c1-5-6-9-16-14(17-11-13(20)19(3)4)18-12-15(2)8-7-10-21-15;/h5-12H2,1-4H3,(H2,16,17,18);1H. The fraction of sp³-hybridized carbons (Fsp3) is 0.867. The van der Waals surface area contributed by atoms with Gasteiger partial charge in [-0.25, -0.2) is 4.99 Å². The Labute approximate surface area is 156 Å². The summed E-state index contributed by atoms with van der Waals surface area (Å²) < 4.78 is 0.290. The minimum absolute atomic E-state index is 0. The highest BCUT2D eigenvalue weighted by Crippen LogP contribution is 2.36. The Morgan fingerprint density at radius 3 is 2.64 bits per heavy atom. The Bertz CT molecular complexity index is 357. The molecular formula is C15H31IN4OS. The molecule has 0 aromatic heterocycles. The molecule has 7 heteroatoms. The zero-order valence-corrected chi connectivity index (χ0v) is 17.4. The average molecular weight is 442 g/mol. The van der Waals surface area contributed by atoms with Gasteiger partial charge in [0.15, 0.2) is 5.96 Å². The third-order valence-corrected chi connectivity index (χ3v) is 5.16. The molecule has 0 spiro atoms. The van der Waals surface area contributed by atoms with Crippen LogP contribution in [0.25, 0.3) is 0 Å². The molecule has 0 bridgehead atoms. The number of nitrogens with zero attached hydrogens (tertiary/aromatic N) is 2. The summed E-state index contributed by atoms with van der Waals surface area (Å²) in [7, 11) is 3.51. The Hall–Kier alpha value is -0.180. The van der Waals surface area contributed by atoms with Crippen LogP contribution in [0.3, 0.4) is 0 Å². The number of thioether (sulfide) groups is 1. The van der Waals surface area contributed by atoms with E-state index in [0.717, 1.165) is 31.9 Å². The van der Waals surface area contributed by atoms with Crippen LogP contribution in [-0.4, -0.2) is 61.0 Å². The fourth-order valence-electron chi connectivity index (χ4n) is 2.09. The number of likely N-dealkylation sites (N-methyl/N-ethyl adjacent to an activating group) is 1. The highest BCUT2D eigenvalue weighted by molar-refractivity contribution is 14.0. The first kappa shape index (κ1) is 21.8. The molecule has 0 aromatic rings. The van der Waals surface area contributed by atoms with E-state index in [2.05, 4.69) is 29.5 Å². The lowest BCUT2D eigenvalue weighted by molar-refractivity contribution is -0.127. The normalized spacial score (nSPS) is 21.2. The molecule has 0 radical (unpaired) electrons. The fourth-order valence-corrected chi connectivity index (χ4v) is 3.34. The van der Waals surface area contributed by atoms with E-state index in [1.54, 1.807) is 19.0 Å². The second kappa shape index (κ2) is 11.4. The maximum atomic E-state index is 11.7. The third-order valence-electron chi connectivity index (χ3n) is 3.62. The van der Waals surface area contributed by atoms with E-state index < -0.39 is 0 Å². The summed E-state index contributed by atoms with van der Waals surface area (Å²) >= 11 is 2.02. The second-order valence-electron chi connectivity index (χ2n) is 5.99. The first-order valence-electron chi connectivity index (χ1n) is 7.83. The van der Waals surface area contributed by atoms with Crippen molar-refractivity contribution in [1.82, 2.24) is 15.5 Å². The summed E-state index contributed by atoms with van der Waals surface area (Å²) in [5, 5.41) is 6.72.